The van der Waals surface area contributed by atoms with Crippen molar-refractivity contribution in [1.29, 1.82) is 0 Å². The van der Waals surface area contributed by atoms with Crippen LogP contribution in [0.3, 0.4) is 0 Å². The second kappa shape index (κ2) is 8.14. The zero-order valence-corrected chi connectivity index (χ0v) is 15.8. The van der Waals surface area contributed by atoms with E-state index in [-0.39, 0.29) is 17.7 Å². The van der Waals surface area contributed by atoms with Gasteiger partial charge in [0.2, 0.25) is 5.91 Å². The van der Waals surface area contributed by atoms with Crippen LogP contribution in [0.15, 0.2) is 53.9 Å². The Morgan fingerprint density at radius 3 is 2.69 bits per heavy atom. The summed E-state index contributed by atoms with van der Waals surface area (Å²) >= 11 is 1.37. The summed E-state index contributed by atoms with van der Waals surface area (Å²) in [6.45, 7) is 5.93. The minimum absolute atomic E-state index is 0.0211. The molecule has 3 rings (SSSR count). The van der Waals surface area contributed by atoms with Crippen molar-refractivity contribution in [3.8, 4) is 17.1 Å². The van der Waals surface area contributed by atoms with E-state index in [0.717, 1.165) is 16.8 Å². The smallest absolute Gasteiger partial charge is 0.230 e. The molecule has 26 heavy (non-hydrogen) atoms. The molecule has 0 saturated carbocycles. The topological polar surface area (TPSA) is 72.7 Å². The lowest BCUT2D eigenvalue weighted by Gasteiger charge is -2.13. The molecular weight excluding hydrogens is 346 g/mol. The van der Waals surface area contributed by atoms with E-state index in [9.17, 15) is 4.79 Å². The Bertz CT molecular complexity index is 892. The van der Waals surface area contributed by atoms with Crippen molar-refractivity contribution in [3.63, 3.8) is 0 Å². The molecule has 0 aliphatic heterocycles. The molecule has 0 saturated heterocycles. The Morgan fingerprint density at radius 2 is 2.00 bits per heavy atom. The van der Waals surface area contributed by atoms with Crippen LogP contribution in [0.1, 0.15) is 19.4 Å². The molecule has 0 spiro atoms. The molecule has 1 aromatic carbocycles. The molecule has 0 radical (unpaired) electrons. The van der Waals surface area contributed by atoms with Gasteiger partial charge in [0.25, 0.3) is 0 Å². The molecule has 2 aromatic heterocycles. The first-order valence-electron chi connectivity index (χ1n) is 8.40. The number of amides is 1. The fourth-order valence-electron chi connectivity index (χ4n) is 2.57. The van der Waals surface area contributed by atoms with Gasteiger partial charge in [0.1, 0.15) is 0 Å². The fraction of sp³-hybridized carbons (Fsp3) is 0.263. The van der Waals surface area contributed by atoms with Crippen molar-refractivity contribution in [3.05, 3.63) is 54.4 Å². The Hall–Kier alpha value is -2.67. The van der Waals surface area contributed by atoms with E-state index in [4.69, 9.17) is 0 Å². The summed E-state index contributed by atoms with van der Waals surface area (Å²) in [4.78, 5) is 16.2. The fourth-order valence-corrected chi connectivity index (χ4v) is 3.33. The molecule has 6 nitrogen and oxygen atoms in total. The van der Waals surface area contributed by atoms with Crippen LogP contribution in [-0.4, -0.2) is 37.5 Å². The van der Waals surface area contributed by atoms with Gasteiger partial charge in [0.05, 0.1) is 11.4 Å². The molecular formula is C19H21N5OS. The summed E-state index contributed by atoms with van der Waals surface area (Å²) in [6.07, 6.45) is 3.49. The van der Waals surface area contributed by atoms with Gasteiger partial charge in [-0.2, -0.15) is 0 Å². The van der Waals surface area contributed by atoms with Crippen LogP contribution in [0.25, 0.3) is 17.1 Å². The first-order chi connectivity index (χ1) is 12.6. The lowest BCUT2D eigenvalue weighted by Crippen LogP contribution is -2.31. The number of nitrogens with one attached hydrogen (secondary N) is 1. The van der Waals surface area contributed by atoms with Crippen molar-refractivity contribution in [2.75, 3.05) is 5.75 Å². The minimum Gasteiger partial charge on any atom is -0.353 e. The highest BCUT2D eigenvalue weighted by molar-refractivity contribution is 7.99. The Kier molecular flexibility index (Phi) is 5.68. The first kappa shape index (κ1) is 18.1. The summed E-state index contributed by atoms with van der Waals surface area (Å²) in [7, 11) is 0. The third kappa shape index (κ3) is 4.11. The van der Waals surface area contributed by atoms with Crippen LogP contribution >= 0.6 is 11.8 Å². The van der Waals surface area contributed by atoms with Gasteiger partial charge in [-0.05, 0) is 44.5 Å². The number of hydrogen-bond acceptors (Lipinski definition) is 5. The number of aryl methyl sites for hydroxylation is 1. The van der Waals surface area contributed by atoms with E-state index < -0.39 is 0 Å². The number of thioether (sulfide) groups is 1. The molecule has 7 heteroatoms. The second-order valence-corrected chi connectivity index (χ2v) is 7.12. The number of aromatic nitrogens is 4. The summed E-state index contributed by atoms with van der Waals surface area (Å²) in [5.41, 5.74) is 2.97. The molecule has 1 amide bonds. The maximum Gasteiger partial charge on any atom is 0.230 e. The molecule has 1 N–H and O–H groups in total. The Labute approximate surface area is 157 Å². The molecule has 0 aliphatic rings. The van der Waals surface area contributed by atoms with E-state index in [0.29, 0.717) is 11.0 Å². The van der Waals surface area contributed by atoms with Crippen LogP contribution in [0.2, 0.25) is 0 Å². The minimum atomic E-state index is -0.0211. The van der Waals surface area contributed by atoms with E-state index in [1.165, 1.54) is 11.8 Å². The number of hydrogen-bond donors (Lipinski definition) is 1. The molecule has 0 unspecified atom stereocenters. The standard InChI is InChI=1S/C19H21N5OS/c1-13(2)21-17(25)12-26-19-23-22-18(15-8-6-10-20-11-15)24(19)16-9-5-4-7-14(16)3/h4-11,13H,12H2,1-3H3,(H,21,25). The number of benzene rings is 1. The van der Waals surface area contributed by atoms with E-state index in [1.807, 2.05) is 61.7 Å². The molecule has 2 heterocycles. The van der Waals surface area contributed by atoms with Crippen molar-refractivity contribution in [2.24, 2.45) is 0 Å². The lowest BCUT2D eigenvalue weighted by molar-refractivity contribution is -0.119. The molecule has 3 aromatic rings. The monoisotopic (exact) mass is 367 g/mol. The molecule has 0 aliphatic carbocycles. The number of para-hydroxylation sites is 1. The van der Waals surface area contributed by atoms with Gasteiger partial charge in [-0.3, -0.25) is 14.3 Å². The number of rotatable bonds is 6. The molecule has 134 valence electrons. The van der Waals surface area contributed by atoms with E-state index in [2.05, 4.69) is 20.5 Å². The number of carbonyl (C=O) groups excluding carboxylic acids is 1. The van der Waals surface area contributed by atoms with Crippen LogP contribution in [-0.2, 0) is 4.79 Å². The van der Waals surface area contributed by atoms with Crippen molar-refractivity contribution in [1.82, 2.24) is 25.1 Å². The predicted octanol–water partition coefficient (Wildman–Crippen LogP) is 3.25. The van der Waals surface area contributed by atoms with E-state index in [1.54, 1.807) is 12.4 Å². The van der Waals surface area contributed by atoms with Gasteiger partial charge in [-0.15, -0.1) is 10.2 Å². The van der Waals surface area contributed by atoms with Crippen molar-refractivity contribution in [2.45, 2.75) is 32.0 Å². The highest BCUT2D eigenvalue weighted by Gasteiger charge is 2.18. The maximum absolute atomic E-state index is 12.0. The zero-order valence-electron chi connectivity index (χ0n) is 15.0. The number of carbonyl (C=O) groups is 1. The third-order valence-electron chi connectivity index (χ3n) is 3.69. The Balaban J connectivity index is 1.99. The number of nitrogens with zero attached hydrogens (tertiary/aromatic N) is 4. The predicted molar refractivity (Wildman–Crippen MR) is 103 cm³/mol. The lowest BCUT2D eigenvalue weighted by atomic mass is 10.2. The van der Waals surface area contributed by atoms with Gasteiger partial charge in [-0.25, -0.2) is 0 Å². The van der Waals surface area contributed by atoms with Crippen LogP contribution in [0.4, 0.5) is 0 Å². The molecule has 0 fully saturated rings. The summed E-state index contributed by atoms with van der Waals surface area (Å²) in [5, 5.41) is 12.3. The third-order valence-corrected chi connectivity index (χ3v) is 4.62. The van der Waals surface area contributed by atoms with Crippen LogP contribution < -0.4 is 5.32 Å². The first-order valence-corrected chi connectivity index (χ1v) is 9.39. The normalized spacial score (nSPS) is 10.9. The van der Waals surface area contributed by atoms with Crippen molar-refractivity contribution < 1.29 is 4.79 Å². The second-order valence-electron chi connectivity index (χ2n) is 6.18. The highest BCUT2D eigenvalue weighted by Crippen LogP contribution is 2.28. The number of pyridine rings is 1. The maximum atomic E-state index is 12.0. The summed E-state index contributed by atoms with van der Waals surface area (Å²) in [6, 6.07) is 12.0. The van der Waals surface area contributed by atoms with Gasteiger partial charge < -0.3 is 5.32 Å². The van der Waals surface area contributed by atoms with Gasteiger partial charge in [0, 0.05) is 24.0 Å². The van der Waals surface area contributed by atoms with Crippen LogP contribution in [0, 0.1) is 6.92 Å². The largest absolute Gasteiger partial charge is 0.353 e. The molecule has 0 bridgehead atoms. The van der Waals surface area contributed by atoms with E-state index >= 15 is 0 Å². The van der Waals surface area contributed by atoms with Gasteiger partial charge in [0.15, 0.2) is 11.0 Å². The van der Waals surface area contributed by atoms with Gasteiger partial charge in [-0.1, -0.05) is 30.0 Å². The molecule has 0 atom stereocenters. The average Bonchev–Trinajstić information content (AvgIpc) is 3.04. The van der Waals surface area contributed by atoms with Gasteiger partial charge >= 0.3 is 0 Å². The van der Waals surface area contributed by atoms with Crippen LogP contribution in [0.5, 0.6) is 0 Å². The SMILES string of the molecule is Cc1ccccc1-n1c(SCC(=O)NC(C)C)nnc1-c1cccnc1. The summed E-state index contributed by atoms with van der Waals surface area (Å²) in [5.74, 6) is 0.973. The highest BCUT2D eigenvalue weighted by atomic mass is 32.2. The average molecular weight is 367 g/mol. The van der Waals surface area contributed by atoms with Crippen molar-refractivity contribution >= 4 is 17.7 Å². The Morgan fingerprint density at radius 1 is 1.19 bits per heavy atom. The summed E-state index contributed by atoms with van der Waals surface area (Å²) < 4.78 is 1.99. The zero-order chi connectivity index (χ0) is 18.5. The quantitative estimate of drug-likeness (QED) is 0.677.